The van der Waals surface area contributed by atoms with Gasteiger partial charge in [0.1, 0.15) is 5.75 Å². The van der Waals surface area contributed by atoms with E-state index in [9.17, 15) is 4.79 Å². The molecule has 2 aromatic rings. The minimum absolute atomic E-state index is 0.118. The van der Waals surface area contributed by atoms with Gasteiger partial charge in [-0.1, -0.05) is 46.3 Å². The molecule has 0 saturated carbocycles. The van der Waals surface area contributed by atoms with Crippen LogP contribution in [-0.2, 0) is 17.9 Å². The average molecular weight is 349 g/mol. The van der Waals surface area contributed by atoms with Crippen LogP contribution in [0, 0.1) is 0 Å². The summed E-state index contributed by atoms with van der Waals surface area (Å²) in [5, 5.41) is 3.36. The number of amides is 1. The lowest BCUT2D eigenvalue weighted by Crippen LogP contribution is -2.21. The minimum Gasteiger partial charge on any atom is -0.483 e. The van der Waals surface area contributed by atoms with E-state index in [0.29, 0.717) is 12.3 Å². The van der Waals surface area contributed by atoms with Crippen molar-refractivity contribution in [2.75, 3.05) is 6.61 Å². The largest absolute Gasteiger partial charge is 0.483 e. The number of nitrogens with two attached hydrogens (primary N) is 1. The molecular formula is C16H17BrN2O2. The van der Waals surface area contributed by atoms with E-state index in [4.69, 9.17) is 10.5 Å². The maximum absolute atomic E-state index is 10.8. The van der Waals surface area contributed by atoms with Gasteiger partial charge in [0.2, 0.25) is 0 Å². The normalized spacial score (nSPS) is 10.3. The Hall–Kier alpha value is -1.85. The fourth-order valence-corrected chi connectivity index (χ4v) is 2.32. The Labute approximate surface area is 132 Å². The van der Waals surface area contributed by atoms with E-state index in [1.165, 1.54) is 5.56 Å². The number of carbonyl (C=O) groups is 1. The molecule has 0 aliphatic heterocycles. The van der Waals surface area contributed by atoms with Crippen LogP contribution in [-0.4, -0.2) is 12.5 Å². The first-order chi connectivity index (χ1) is 10.1. The highest BCUT2D eigenvalue weighted by Crippen LogP contribution is 2.23. The number of halogens is 1. The quantitative estimate of drug-likeness (QED) is 0.808. The van der Waals surface area contributed by atoms with Gasteiger partial charge in [-0.05, 0) is 23.8 Å². The molecule has 3 N–H and O–H groups in total. The zero-order valence-corrected chi connectivity index (χ0v) is 13.1. The molecule has 2 aromatic carbocycles. The van der Waals surface area contributed by atoms with E-state index in [1.54, 1.807) is 0 Å². The Morgan fingerprint density at radius 3 is 2.62 bits per heavy atom. The fraction of sp³-hybridized carbons (Fsp3) is 0.188. The highest BCUT2D eigenvalue weighted by molar-refractivity contribution is 9.10. The predicted molar refractivity (Wildman–Crippen MR) is 85.8 cm³/mol. The van der Waals surface area contributed by atoms with Crippen molar-refractivity contribution in [2.45, 2.75) is 13.1 Å². The van der Waals surface area contributed by atoms with Gasteiger partial charge in [-0.15, -0.1) is 0 Å². The first-order valence-corrected chi connectivity index (χ1v) is 7.38. The number of benzene rings is 2. The molecular weight excluding hydrogens is 332 g/mol. The van der Waals surface area contributed by atoms with Gasteiger partial charge < -0.3 is 15.8 Å². The number of rotatable bonds is 7. The number of carbonyl (C=O) groups excluding carboxylic acids is 1. The zero-order chi connectivity index (χ0) is 15.1. The van der Waals surface area contributed by atoms with Crippen molar-refractivity contribution in [1.29, 1.82) is 0 Å². The lowest BCUT2D eigenvalue weighted by atomic mass is 10.2. The lowest BCUT2D eigenvalue weighted by Gasteiger charge is -2.12. The molecule has 0 aliphatic rings. The van der Waals surface area contributed by atoms with Crippen LogP contribution >= 0.6 is 15.9 Å². The molecule has 1 amide bonds. The van der Waals surface area contributed by atoms with Gasteiger partial charge in [-0.2, -0.15) is 0 Å². The van der Waals surface area contributed by atoms with E-state index in [-0.39, 0.29) is 6.61 Å². The van der Waals surface area contributed by atoms with Gasteiger partial charge in [-0.25, -0.2) is 0 Å². The van der Waals surface area contributed by atoms with Gasteiger partial charge in [0.15, 0.2) is 6.61 Å². The molecule has 0 unspecified atom stereocenters. The summed E-state index contributed by atoms with van der Waals surface area (Å²) in [4.78, 5) is 10.8. The summed E-state index contributed by atoms with van der Waals surface area (Å²) in [6, 6.07) is 15.8. The maximum Gasteiger partial charge on any atom is 0.255 e. The van der Waals surface area contributed by atoms with Gasteiger partial charge in [0, 0.05) is 23.1 Å². The summed E-state index contributed by atoms with van der Waals surface area (Å²) in [7, 11) is 0. The molecule has 110 valence electrons. The Bertz CT molecular complexity index is 602. The van der Waals surface area contributed by atoms with Crippen LogP contribution < -0.4 is 15.8 Å². The Morgan fingerprint density at radius 2 is 1.90 bits per heavy atom. The highest BCUT2D eigenvalue weighted by Gasteiger charge is 2.06. The molecule has 0 aliphatic carbocycles. The van der Waals surface area contributed by atoms with E-state index >= 15 is 0 Å². The highest BCUT2D eigenvalue weighted by atomic mass is 79.9. The molecule has 0 atom stereocenters. The predicted octanol–water partition coefficient (Wildman–Crippen LogP) is 2.60. The molecule has 5 heteroatoms. The van der Waals surface area contributed by atoms with E-state index in [2.05, 4.69) is 33.4 Å². The Balaban J connectivity index is 1.97. The Kier molecular flexibility index (Phi) is 5.78. The molecule has 0 heterocycles. The molecule has 0 saturated heterocycles. The second kappa shape index (κ2) is 7.81. The van der Waals surface area contributed by atoms with Crippen molar-refractivity contribution in [3.63, 3.8) is 0 Å². The van der Waals surface area contributed by atoms with E-state index in [1.807, 2.05) is 36.4 Å². The fourth-order valence-electron chi connectivity index (χ4n) is 1.91. The third kappa shape index (κ3) is 5.21. The summed E-state index contributed by atoms with van der Waals surface area (Å²) < 4.78 is 6.38. The van der Waals surface area contributed by atoms with Crippen molar-refractivity contribution in [3.8, 4) is 5.75 Å². The monoisotopic (exact) mass is 348 g/mol. The van der Waals surface area contributed by atoms with Crippen molar-refractivity contribution in [3.05, 3.63) is 64.1 Å². The van der Waals surface area contributed by atoms with Crippen LogP contribution in [0.25, 0.3) is 0 Å². The number of ether oxygens (including phenoxy) is 1. The van der Waals surface area contributed by atoms with Crippen LogP contribution in [0.15, 0.2) is 53.0 Å². The second-order valence-electron chi connectivity index (χ2n) is 4.60. The second-order valence-corrected chi connectivity index (χ2v) is 5.51. The van der Waals surface area contributed by atoms with Crippen LogP contribution in [0.3, 0.4) is 0 Å². The third-order valence-electron chi connectivity index (χ3n) is 2.88. The zero-order valence-electron chi connectivity index (χ0n) is 11.5. The topological polar surface area (TPSA) is 64.4 Å². The summed E-state index contributed by atoms with van der Waals surface area (Å²) in [6.07, 6.45) is 0. The first-order valence-electron chi connectivity index (χ1n) is 6.59. The van der Waals surface area contributed by atoms with Crippen LogP contribution in [0.4, 0.5) is 0 Å². The van der Waals surface area contributed by atoms with Crippen LogP contribution in [0.1, 0.15) is 11.1 Å². The molecule has 2 rings (SSSR count). The summed E-state index contributed by atoms with van der Waals surface area (Å²) in [6.45, 7) is 1.29. The van der Waals surface area contributed by atoms with Gasteiger partial charge in [-0.3, -0.25) is 4.79 Å². The van der Waals surface area contributed by atoms with Gasteiger partial charge in [0.05, 0.1) is 0 Å². The van der Waals surface area contributed by atoms with Gasteiger partial charge in [0.25, 0.3) is 5.91 Å². The van der Waals surface area contributed by atoms with Crippen LogP contribution in [0.2, 0.25) is 0 Å². The lowest BCUT2D eigenvalue weighted by molar-refractivity contribution is -0.119. The number of hydrogen-bond acceptors (Lipinski definition) is 3. The number of nitrogens with one attached hydrogen (secondary N) is 1. The Morgan fingerprint density at radius 1 is 1.14 bits per heavy atom. The van der Waals surface area contributed by atoms with Crippen molar-refractivity contribution >= 4 is 21.8 Å². The van der Waals surface area contributed by atoms with Crippen LogP contribution in [0.5, 0.6) is 5.75 Å². The SMILES string of the molecule is NC(=O)COc1ccc(Br)cc1CNCc1ccccc1. The van der Waals surface area contributed by atoms with E-state index in [0.717, 1.165) is 16.6 Å². The third-order valence-corrected chi connectivity index (χ3v) is 3.37. The molecule has 0 spiro atoms. The van der Waals surface area contributed by atoms with Gasteiger partial charge >= 0.3 is 0 Å². The molecule has 4 nitrogen and oxygen atoms in total. The molecule has 0 aromatic heterocycles. The number of hydrogen-bond donors (Lipinski definition) is 2. The molecule has 21 heavy (non-hydrogen) atoms. The molecule has 0 fully saturated rings. The number of primary amides is 1. The smallest absolute Gasteiger partial charge is 0.255 e. The summed E-state index contributed by atoms with van der Waals surface area (Å²) >= 11 is 3.44. The average Bonchev–Trinajstić information content (AvgIpc) is 2.47. The maximum atomic E-state index is 10.8. The van der Waals surface area contributed by atoms with E-state index < -0.39 is 5.91 Å². The minimum atomic E-state index is -0.485. The van der Waals surface area contributed by atoms with Crippen molar-refractivity contribution in [2.24, 2.45) is 5.73 Å². The first kappa shape index (κ1) is 15.5. The summed E-state index contributed by atoms with van der Waals surface area (Å²) in [5.74, 6) is 0.179. The molecule has 0 bridgehead atoms. The molecule has 0 radical (unpaired) electrons. The summed E-state index contributed by atoms with van der Waals surface area (Å²) in [5.41, 5.74) is 7.30. The standard InChI is InChI=1S/C16H17BrN2O2/c17-14-6-7-15(21-11-16(18)20)13(8-14)10-19-9-12-4-2-1-3-5-12/h1-8,19H,9-11H2,(H2,18,20). The van der Waals surface area contributed by atoms with Crippen molar-refractivity contribution in [1.82, 2.24) is 5.32 Å². The van der Waals surface area contributed by atoms with Crippen molar-refractivity contribution < 1.29 is 9.53 Å².